The van der Waals surface area contributed by atoms with Crippen LogP contribution in [-0.2, 0) is 14.8 Å². The highest BCUT2D eigenvalue weighted by atomic mass is 32.2. The second kappa shape index (κ2) is 7.30. The van der Waals surface area contributed by atoms with Crippen molar-refractivity contribution in [2.45, 2.75) is 23.8 Å². The molecule has 1 fully saturated rings. The SMILES string of the molecule is COC(=O)c1ccc(NS(=O)(=O)c2c(F)c(F)c(F)c(F)c2OC2CC2)cc1. The number of rotatable bonds is 6. The second-order valence-electron chi connectivity index (χ2n) is 5.91. The summed E-state index contributed by atoms with van der Waals surface area (Å²) in [6.07, 6.45) is 0.247. The zero-order chi connectivity index (χ0) is 20.6. The van der Waals surface area contributed by atoms with Crippen LogP contribution in [0.25, 0.3) is 0 Å². The van der Waals surface area contributed by atoms with E-state index < -0.39 is 56.0 Å². The van der Waals surface area contributed by atoms with Gasteiger partial charge in [0.05, 0.1) is 18.8 Å². The molecule has 2 aromatic rings. The number of esters is 1. The number of anilines is 1. The molecule has 1 N–H and O–H groups in total. The van der Waals surface area contributed by atoms with Crippen LogP contribution < -0.4 is 9.46 Å². The lowest BCUT2D eigenvalue weighted by atomic mass is 10.2. The van der Waals surface area contributed by atoms with Crippen molar-refractivity contribution in [1.82, 2.24) is 0 Å². The van der Waals surface area contributed by atoms with Gasteiger partial charge in [0.25, 0.3) is 10.0 Å². The van der Waals surface area contributed by atoms with Gasteiger partial charge in [0.15, 0.2) is 22.3 Å². The van der Waals surface area contributed by atoms with Gasteiger partial charge in [-0.2, -0.15) is 4.39 Å². The Kier molecular flexibility index (Phi) is 5.20. The lowest BCUT2D eigenvalue weighted by molar-refractivity contribution is 0.0600. The monoisotopic (exact) mass is 419 g/mol. The maximum atomic E-state index is 14.2. The van der Waals surface area contributed by atoms with E-state index in [1.54, 1.807) is 0 Å². The van der Waals surface area contributed by atoms with Crippen LogP contribution in [-0.4, -0.2) is 27.6 Å². The quantitative estimate of drug-likeness (QED) is 0.336. The molecule has 2 aromatic carbocycles. The molecule has 11 heteroatoms. The molecule has 6 nitrogen and oxygen atoms in total. The summed E-state index contributed by atoms with van der Waals surface area (Å²) in [4.78, 5) is 9.91. The van der Waals surface area contributed by atoms with Crippen molar-refractivity contribution < 1.29 is 40.2 Å². The Morgan fingerprint density at radius 3 is 2.11 bits per heavy atom. The second-order valence-corrected chi connectivity index (χ2v) is 7.53. The fourth-order valence-electron chi connectivity index (χ4n) is 2.29. The Hall–Kier alpha value is -2.82. The topological polar surface area (TPSA) is 81.7 Å². The first-order valence-corrected chi connectivity index (χ1v) is 9.37. The Morgan fingerprint density at radius 2 is 1.57 bits per heavy atom. The highest BCUT2D eigenvalue weighted by Crippen LogP contribution is 2.38. The molecule has 1 aliphatic rings. The Bertz CT molecular complexity index is 1040. The van der Waals surface area contributed by atoms with Gasteiger partial charge in [0, 0.05) is 5.69 Å². The molecule has 150 valence electrons. The molecule has 0 heterocycles. The lowest BCUT2D eigenvalue weighted by Crippen LogP contribution is -2.19. The first-order valence-electron chi connectivity index (χ1n) is 7.89. The largest absolute Gasteiger partial charge is 0.486 e. The number of sulfonamides is 1. The summed E-state index contributed by atoms with van der Waals surface area (Å²) < 4.78 is 92.0. The number of nitrogens with one attached hydrogen (secondary N) is 1. The van der Waals surface area contributed by atoms with Crippen molar-refractivity contribution in [3.63, 3.8) is 0 Å². The number of benzene rings is 2. The van der Waals surface area contributed by atoms with E-state index in [0.29, 0.717) is 12.8 Å². The van der Waals surface area contributed by atoms with E-state index in [1.807, 2.05) is 4.72 Å². The molecule has 0 bridgehead atoms. The fraction of sp³-hybridized carbons (Fsp3) is 0.235. The van der Waals surface area contributed by atoms with E-state index in [1.165, 1.54) is 12.1 Å². The predicted octanol–water partition coefficient (Wildman–Crippen LogP) is 3.37. The van der Waals surface area contributed by atoms with Crippen LogP contribution in [0.4, 0.5) is 23.2 Å². The minimum Gasteiger partial charge on any atom is -0.486 e. The summed E-state index contributed by atoms with van der Waals surface area (Å²) >= 11 is 0. The van der Waals surface area contributed by atoms with E-state index in [-0.39, 0.29) is 11.3 Å². The van der Waals surface area contributed by atoms with Gasteiger partial charge >= 0.3 is 5.97 Å². The van der Waals surface area contributed by atoms with E-state index >= 15 is 0 Å². The predicted molar refractivity (Wildman–Crippen MR) is 88.5 cm³/mol. The molecule has 1 saturated carbocycles. The molecule has 0 spiro atoms. The molecule has 0 radical (unpaired) electrons. The highest BCUT2D eigenvalue weighted by Gasteiger charge is 2.37. The van der Waals surface area contributed by atoms with Crippen molar-refractivity contribution in [3.05, 3.63) is 53.1 Å². The smallest absolute Gasteiger partial charge is 0.337 e. The van der Waals surface area contributed by atoms with Gasteiger partial charge in [0.2, 0.25) is 11.6 Å². The average Bonchev–Trinajstić information content (AvgIpc) is 3.48. The van der Waals surface area contributed by atoms with Crippen LogP contribution in [0.3, 0.4) is 0 Å². The van der Waals surface area contributed by atoms with Gasteiger partial charge in [-0.05, 0) is 37.1 Å². The van der Waals surface area contributed by atoms with Gasteiger partial charge in [0.1, 0.15) is 0 Å². The maximum absolute atomic E-state index is 14.2. The van der Waals surface area contributed by atoms with Crippen LogP contribution in [0.2, 0.25) is 0 Å². The molecule has 0 amide bonds. The van der Waals surface area contributed by atoms with E-state index in [0.717, 1.165) is 19.2 Å². The summed E-state index contributed by atoms with van der Waals surface area (Å²) in [6, 6.07) is 4.74. The minimum atomic E-state index is -4.91. The molecule has 0 aromatic heterocycles. The van der Waals surface area contributed by atoms with Crippen LogP contribution in [0.5, 0.6) is 5.75 Å². The summed E-state index contributed by atoms with van der Waals surface area (Å²) in [5.41, 5.74) is -0.0391. The molecular weight excluding hydrogens is 406 g/mol. The molecule has 28 heavy (non-hydrogen) atoms. The molecule has 0 unspecified atom stereocenters. The van der Waals surface area contributed by atoms with Gasteiger partial charge in [-0.15, -0.1) is 0 Å². The number of hydrogen-bond donors (Lipinski definition) is 1. The van der Waals surface area contributed by atoms with E-state index in [9.17, 15) is 30.8 Å². The first kappa shape index (κ1) is 19.9. The number of hydrogen-bond acceptors (Lipinski definition) is 5. The van der Waals surface area contributed by atoms with Crippen LogP contribution in [0.15, 0.2) is 29.2 Å². The molecule has 1 aliphatic carbocycles. The van der Waals surface area contributed by atoms with Crippen LogP contribution in [0, 0.1) is 23.3 Å². The maximum Gasteiger partial charge on any atom is 0.337 e. The summed E-state index contributed by atoms with van der Waals surface area (Å²) in [6.45, 7) is 0. The van der Waals surface area contributed by atoms with Gasteiger partial charge in [-0.25, -0.2) is 26.4 Å². The summed E-state index contributed by atoms with van der Waals surface area (Å²) in [5.74, 6) is -10.4. The number of carbonyl (C=O) groups excluding carboxylic acids is 1. The number of halogens is 4. The lowest BCUT2D eigenvalue weighted by Gasteiger charge is -2.15. The third-order valence-electron chi connectivity index (χ3n) is 3.82. The van der Waals surface area contributed by atoms with Gasteiger partial charge in [-0.3, -0.25) is 4.72 Å². The van der Waals surface area contributed by atoms with Crippen LogP contribution in [0.1, 0.15) is 23.2 Å². The zero-order valence-electron chi connectivity index (χ0n) is 14.3. The Morgan fingerprint density at radius 1 is 1.00 bits per heavy atom. The number of ether oxygens (including phenoxy) is 2. The molecular formula is C17H13F4NO5S. The van der Waals surface area contributed by atoms with E-state index in [2.05, 4.69) is 4.74 Å². The third kappa shape index (κ3) is 3.75. The molecule has 3 rings (SSSR count). The summed E-state index contributed by atoms with van der Waals surface area (Å²) in [7, 11) is -3.75. The molecule has 0 saturated heterocycles. The van der Waals surface area contributed by atoms with Crippen molar-refractivity contribution in [3.8, 4) is 5.75 Å². The number of carbonyl (C=O) groups is 1. The average molecular weight is 419 g/mol. The molecule has 0 atom stereocenters. The third-order valence-corrected chi connectivity index (χ3v) is 5.23. The summed E-state index contributed by atoms with van der Waals surface area (Å²) in [5, 5.41) is 0. The standard InChI is InChI=1S/C17H13F4NO5S/c1-26-17(23)8-2-4-9(5-3-8)22-28(24,25)16-14(21)12(19)11(18)13(20)15(16)27-10-6-7-10/h2-5,10,22H,6-7H2,1H3. The van der Waals surface area contributed by atoms with Crippen LogP contribution >= 0.6 is 0 Å². The van der Waals surface area contributed by atoms with E-state index in [4.69, 9.17) is 4.74 Å². The first-order chi connectivity index (χ1) is 13.2. The van der Waals surface area contributed by atoms with Gasteiger partial charge in [-0.1, -0.05) is 0 Å². The van der Waals surface area contributed by atoms with Crippen molar-refractivity contribution in [2.24, 2.45) is 0 Å². The number of methoxy groups -OCH3 is 1. The van der Waals surface area contributed by atoms with Crippen molar-refractivity contribution in [2.75, 3.05) is 11.8 Å². The highest BCUT2D eigenvalue weighted by molar-refractivity contribution is 7.92. The minimum absolute atomic E-state index is 0.105. The fourth-order valence-corrected chi connectivity index (χ4v) is 3.54. The molecule has 0 aliphatic heterocycles. The van der Waals surface area contributed by atoms with Crippen molar-refractivity contribution >= 4 is 21.7 Å². The Labute approximate surface area is 157 Å². The zero-order valence-corrected chi connectivity index (χ0v) is 15.1. The van der Waals surface area contributed by atoms with Gasteiger partial charge < -0.3 is 9.47 Å². The Balaban J connectivity index is 2.02. The van der Waals surface area contributed by atoms with Crippen molar-refractivity contribution in [1.29, 1.82) is 0 Å². The normalized spacial score (nSPS) is 13.9.